The average Bonchev–Trinajstić information content (AvgIpc) is 2.30. The predicted octanol–water partition coefficient (Wildman–Crippen LogP) is 3.17. The van der Waals surface area contributed by atoms with Gasteiger partial charge in [0.1, 0.15) is 0 Å². The van der Waals surface area contributed by atoms with Crippen molar-refractivity contribution in [3.63, 3.8) is 0 Å². The molecule has 2 N–H and O–H groups in total. The van der Waals surface area contributed by atoms with Crippen LogP contribution in [0, 0.1) is 0 Å². The molecule has 0 spiro atoms. The van der Waals surface area contributed by atoms with Crippen LogP contribution in [0.4, 0.5) is 0 Å². The average molecular weight is 216 g/mol. The van der Waals surface area contributed by atoms with E-state index >= 15 is 0 Å². The first-order chi connectivity index (χ1) is 6.31. The highest BCUT2D eigenvalue weighted by Gasteiger charge is 2.23. The topological polar surface area (TPSA) is 26.0 Å². The van der Waals surface area contributed by atoms with Crippen molar-refractivity contribution in [1.29, 1.82) is 0 Å². The highest BCUT2D eigenvalue weighted by molar-refractivity contribution is 7.12. The fourth-order valence-corrected chi connectivity index (χ4v) is 3.35. The summed E-state index contributed by atoms with van der Waals surface area (Å²) in [6.45, 7) is 0.723. The van der Waals surface area contributed by atoms with Crippen LogP contribution in [0.1, 0.15) is 34.9 Å². The van der Waals surface area contributed by atoms with E-state index in [-0.39, 0.29) is 0 Å². The van der Waals surface area contributed by atoms with Crippen LogP contribution >= 0.6 is 22.9 Å². The third kappa shape index (κ3) is 1.90. The molecule has 13 heavy (non-hydrogen) atoms. The molecule has 0 atom stereocenters. The van der Waals surface area contributed by atoms with Crippen LogP contribution < -0.4 is 5.73 Å². The van der Waals surface area contributed by atoms with E-state index < -0.39 is 0 Å². The molecule has 0 unspecified atom stereocenters. The molecule has 1 saturated carbocycles. The standard InChI is InChI=1S/C10H14ClNS/c11-9-6-8(4-5-12)13-10(9)7-2-1-3-7/h6-7H,1-5,12H2. The summed E-state index contributed by atoms with van der Waals surface area (Å²) >= 11 is 8.01. The summed E-state index contributed by atoms with van der Waals surface area (Å²) in [5.41, 5.74) is 5.51. The first-order valence-electron chi connectivity index (χ1n) is 4.79. The first kappa shape index (κ1) is 9.50. The quantitative estimate of drug-likeness (QED) is 0.824. The maximum absolute atomic E-state index is 6.16. The van der Waals surface area contributed by atoms with Gasteiger partial charge in [-0.2, -0.15) is 0 Å². The van der Waals surface area contributed by atoms with Gasteiger partial charge in [-0.15, -0.1) is 11.3 Å². The predicted molar refractivity (Wildman–Crippen MR) is 58.7 cm³/mol. The summed E-state index contributed by atoms with van der Waals surface area (Å²) in [6, 6.07) is 2.09. The van der Waals surface area contributed by atoms with Crippen LogP contribution in [-0.2, 0) is 6.42 Å². The normalized spacial score (nSPS) is 17.4. The number of hydrogen-bond donors (Lipinski definition) is 1. The molecule has 0 bridgehead atoms. The van der Waals surface area contributed by atoms with Crippen molar-refractivity contribution < 1.29 is 0 Å². The summed E-state index contributed by atoms with van der Waals surface area (Å²) < 4.78 is 0. The Morgan fingerprint density at radius 1 is 1.54 bits per heavy atom. The van der Waals surface area contributed by atoms with Gasteiger partial charge in [0, 0.05) is 9.75 Å². The van der Waals surface area contributed by atoms with Gasteiger partial charge < -0.3 is 5.73 Å². The molecule has 0 aliphatic heterocycles. The molecule has 1 aromatic rings. The lowest BCUT2D eigenvalue weighted by molar-refractivity contribution is 0.426. The Labute approximate surface area is 87.9 Å². The number of thiophene rings is 1. The van der Waals surface area contributed by atoms with Crippen LogP contribution in [0.3, 0.4) is 0 Å². The van der Waals surface area contributed by atoms with Crippen LogP contribution in [0.15, 0.2) is 6.07 Å². The van der Waals surface area contributed by atoms with Gasteiger partial charge in [0.25, 0.3) is 0 Å². The molecule has 0 aromatic carbocycles. The Hall–Kier alpha value is -0.0500. The summed E-state index contributed by atoms with van der Waals surface area (Å²) in [5, 5.41) is 0.971. The maximum Gasteiger partial charge on any atom is 0.0550 e. The SMILES string of the molecule is NCCc1cc(Cl)c(C2CCC2)s1. The van der Waals surface area contributed by atoms with Gasteiger partial charge in [-0.25, -0.2) is 0 Å². The second kappa shape index (κ2) is 3.99. The third-order valence-corrected chi connectivity index (χ3v) is 4.41. The minimum absolute atomic E-state index is 0.723. The second-order valence-electron chi connectivity index (χ2n) is 3.59. The lowest BCUT2D eigenvalue weighted by Crippen LogP contribution is -2.06. The van der Waals surface area contributed by atoms with Crippen molar-refractivity contribution in [1.82, 2.24) is 0 Å². The van der Waals surface area contributed by atoms with Gasteiger partial charge in [-0.05, 0) is 37.8 Å². The van der Waals surface area contributed by atoms with E-state index in [0.717, 1.165) is 23.9 Å². The largest absolute Gasteiger partial charge is 0.330 e. The molecule has 2 rings (SSSR count). The van der Waals surface area contributed by atoms with Crippen molar-refractivity contribution in [3.8, 4) is 0 Å². The zero-order valence-electron chi connectivity index (χ0n) is 7.55. The molecule has 1 aliphatic carbocycles. The summed E-state index contributed by atoms with van der Waals surface area (Å²) in [7, 11) is 0. The van der Waals surface area contributed by atoms with Gasteiger partial charge in [-0.3, -0.25) is 0 Å². The van der Waals surface area contributed by atoms with Gasteiger partial charge in [0.2, 0.25) is 0 Å². The van der Waals surface area contributed by atoms with Crippen molar-refractivity contribution in [3.05, 3.63) is 20.8 Å². The maximum atomic E-state index is 6.16. The molecule has 0 radical (unpaired) electrons. The van der Waals surface area contributed by atoms with E-state index in [9.17, 15) is 0 Å². The van der Waals surface area contributed by atoms with Crippen LogP contribution in [0.2, 0.25) is 5.02 Å². The molecule has 0 saturated heterocycles. The number of hydrogen-bond acceptors (Lipinski definition) is 2. The Balaban J connectivity index is 2.15. The van der Waals surface area contributed by atoms with Crippen molar-refractivity contribution in [2.24, 2.45) is 5.73 Å². The van der Waals surface area contributed by atoms with Crippen molar-refractivity contribution >= 4 is 22.9 Å². The minimum atomic E-state index is 0.723. The van der Waals surface area contributed by atoms with Crippen LogP contribution in [0.25, 0.3) is 0 Å². The van der Waals surface area contributed by atoms with E-state index in [1.807, 2.05) is 11.3 Å². The van der Waals surface area contributed by atoms with E-state index in [2.05, 4.69) is 6.07 Å². The molecule has 0 amide bonds. The second-order valence-corrected chi connectivity index (χ2v) is 5.17. The third-order valence-electron chi connectivity index (χ3n) is 2.63. The summed E-state index contributed by atoms with van der Waals surface area (Å²) in [5.74, 6) is 0.754. The molecular weight excluding hydrogens is 202 g/mol. The van der Waals surface area contributed by atoms with Crippen molar-refractivity contribution in [2.75, 3.05) is 6.54 Å². The zero-order chi connectivity index (χ0) is 9.26. The molecule has 1 nitrogen and oxygen atoms in total. The molecule has 3 heteroatoms. The molecule has 72 valence electrons. The Morgan fingerprint density at radius 3 is 2.85 bits per heavy atom. The van der Waals surface area contributed by atoms with Gasteiger partial charge in [-0.1, -0.05) is 18.0 Å². The fourth-order valence-electron chi connectivity index (χ4n) is 1.65. The molecular formula is C10H14ClNS. The van der Waals surface area contributed by atoms with E-state index in [0.29, 0.717) is 0 Å². The molecule has 1 aromatic heterocycles. The molecule has 1 fully saturated rings. The van der Waals surface area contributed by atoms with E-state index in [4.69, 9.17) is 17.3 Å². The Morgan fingerprint density at radius 2 is 2.31 bits per heavy atom. The summed E-state index contributed by atoms with van der Waals surface area (Å²) in [6.07, 6.45) is 4.98. The number of rotatable bonds is 3. The highest BCUT2D eigenvalue weighted by atomic mass is 35.5. The smallest absolute Gasteiger partial charge is 0.0550 e. The number of halogens is 1. The lowest BCUT2D eigenvalue weighted by Gasteiger charge is -2.24. The van der Waals surface area contributed by atoms with E-state index in [1.165, 1.54) is 29.0 Å². The van der Waals surface area contributed by atoms with Crippen LogP contribution in [0.5, 0.6) is 0 Å². The summed E-state index contributed by atoms with van der Waals surface area (Å²) in [4.78, 5) is 2.74. The highest BCUT2D eigenvalue weighted by Crippen LogP contribution is 2.43. The Kier molecular flexibility index (Phi) is 2.92. The monoisotopic (exact) mass is 215 g/mol. The molecule has 1 heterocycles. The van der Waals surface area contributed by atoms with E-state index in [1.54, 1.807) is 0 Å². The Bertz CT molecular complexity index is 291. The molecule has 1 aliphatic rings. The van der Waals surface area contributed by atoms with Gasteiger partial charge in [0.15, 0.2) is 0 Å². The first-order valence-corrected chi connectivity index (χ1v) is 5.99. The number of nitrogens with two attached hydrogens (primary N) is 1. The van der Waals surface area contributed by atoms with Crippen LogP contribution in [-0.4, -0.2) is 6.54 Å². The lowest BCUT2D eigenvalue weighted by atomic mass is 9.84. The fraction of sp³-hybridized carbons (Fsp3) is 0.600. The van der Waals surface area contributed by atoms with Gasteiger partial charge in [0.05, 0.1) is 5.02 Å². The van der Waals surface area contributed by atoms with Gasteiger partial charge >= 0.3 is 0 Å². The minimum Gasteiger partial charge on any atom is -0.330 e. The van der Waals surface area contributed by atoms with Crippen molar-refractivity contribution in [2.45, 2.75) is 31.6 Å². The zero-order valence-corrected chi connectivity index (χ0v) is 9.13.